The van der Waals surface area contributed by atoms with Crippen molar-refractivity contribution in [3.8, 4) is 5.75 Å². The van der Waals surface area contributed by atoms with E-state index in [1.807, 2.05) is 24.3 Å². The van der Waals surface area contributed by atoms with Crippen molar-refractivity contribution >= 4 is 16.7 Å². The summed E-state index contributed by atoms with van der Waals surface area (Å²) in [6.07, 6.45) is 7.34. The Kier molecular flexibility index (Phi) is 6.05. The second-order valence-electron chi connectivity index (χ2n) is 7.45. The largest absolute Gasteiger partial charge is 0.485 e. The topological polar surface area (TPSA) is 71.7 Å². The van der Waals surface area contributed by atoms with Crippen molar-refractivity contribution < 1.29 is 14.1 Å². The van der Waals surface area contributed by atoms with Gasteiger partial charge in [-0.1, -0.05) is 23.7 Å². The summed E-state index contributed by atoms with van der Waals surface area (Å²) in [7, 11) is 1.81. The van der Waals surface area contributed by atoms with E-state index in [1.54, 1.807) is 30.4 Å². The lowest BCUT2D eigenvalue weighted by molar-refractivity contribution is 0.0762. The molecule has 4 rings (SSSR count). The van der Waals surface area contributed by atoms with Crippen molar-refractivity contribution in [3.05, 3.63) is 54.2 Å². The Morgan fingerprint density at radius 1 is 1.24 bits per heavy atom. The summed E-state index contributed by atoms with van der Waals surface area (Å²) >= 11 is 0. The first-order valence-corrected chi connectivity index (χ1v) is 10.1. The average molecular weight is 394 g/mol. The Balaban J connectivity index is 1.33. The lowest BCUT2D eigenvalue weighted by atomic mass is 10.1. The Morgan fingerprint density at radius 3 is 2.97 bits per heavy atom. The van der Waals surface area contributed by atoms with Crippen LogP contribution in [0.25, 0.3) is 10.8 Å². The fourth-order valence-corrected chi connectivity index (χ4v) is 3.62. The lowest BCUT2D eigenvalue weighted by Crippen LogP contribution is -2.38. The van der Waals surface area contributed by atoms with E-state index in [4.69, 9.17) is 9.26 Å². The van der Waals surface area contributed by atoms with E-state index in [0.717, 1.165) is 36.2 Å². The van der Waals surface area contributed by atoms with Gasteiger partial charge in [-0.05, 0) is 38.1 Å². The van der Waals surface area contributed by atoms with Crippen LogP contribution in [0, 0.1) is 0 Å². The molecule has 0 atom stereocenters. The maximum atomic E-state index is 12.6. The molecule has 1 aromatic carbocycles. The van der Waals surface area contributed by atoms with Crippen molar-refractivity contribution in [3.63, 3.8) is 0 Å². The van der Waals surface area contributed by atoms with E-state index >= 15 is 0 Å². The van der Waals surface area contributed by atoms with E-state index in [1.165, 1.54) is 19.3 Å². The number of carbonyl (C=O) groups is 1. The minimum atomic E-state index is -0.131. The van der Waals surface area contributed by atoms with Crippen molar-refractivity contribution in [2.45, 2.75) is 25.9 Å². The molecule has 2 aromatic heterocycles. The molecule has 0 N–H and O–H groups in total. The Morgan fingerprint density at radius 2 is 2.10 bits per heavy atom. The summed E-state index contributed by atoms with van der Waals surface area (Å²) < 4.78 is 11.2. The second kappa shape index (κ2) is 9.05. The number of benzene rings is 1. The quantitative estimate of drug-likeness (QED) is 0.612. The minimum absolute atomic E-state index is 0.131. The maximum absolute atomic E-state index is 12.6. The van der Waals surface area contributed by atoms with Crippen molar-refractivity contribution in [1.82, 2.24) is 19.9 Å². The molecule has 0 radical (unpaired) electrons. The molecule has 7 heteroatoms. The van der Waals surface area contributed by atoms with Crippen LogP contribution in [0.2, 0.25) is 0 Å². The van der Waals surface area contributed by atoms with Crippen LogP contribution in [-0.4, -0.2) is 59.1 Å². The highest BCUT2D eigenvalue weighted by Crippen LogP contribution is 2.25. The summed E-state index contributed by atoms with van der Waals surface area (Å²) in [5.74, 6) is 1.13. The van der Waals surface area contributed by atoms with Gasteiger partial charge in [0, 0.05) is 49.4 Å². The third-order valence-corrected chi connectivity index (χ3v) is 5.34. The highest BCUT2D eigenvalue weighted by Gasteiger charge is 2.19. The van der Waals surface area contributed by atoms with E-state index < -0.39 is 0 Å². The fourth-order valence-electron chi connectivity index (χ4n) is 3.62. The number of rotatable bonds is 7. The second-order valence-corrected chi connectivity index (χ2v) is 7.45. The first-order chi connectivity index (χ1) is 14.2. The maximum Gasteiger partial charge on any atom is 0.275 e. The van der Waals surface area contributed by atoms with Crippen molar-refractivity contribution in [2.75, 3.05) is 33.2 Å². The summed E-state index contributed by atoms with van der Waals surface area (Å²) in [4.78, 5) is 20.9. The average Bonchev–Trinajstić information content (AvgIpc) is 3.25. The molecular weight excluding hydrogens is 368 g/mol. The zero-order valence-corrected chi connectivity index (χ0v) is 16.7. The smallest absolute Gasteiger partial charge is 0.275 e. The summed E-state index contributed by atoms with van der Waals surface area (Å²) in [5.41, 5.74) is 0.312. The number of aromatic nitrogens is 2. The van der Waals surface area contributed by atoms with E-state index in [2.05, 4.69) is 15.0 Å². The SMILES string of the molecule is CN(CCN1CCCCC1)C(=O)c1cc(COc2cccc3cnccc23)on1. The van der Waals surface area contributed by atoms with Crippen LogP contribution in [-0.2, 0) is 6.61 Å². The Hall–Kier alpha value is -2.93. The van der Waals surface area contributed by atoms with E-state index in [9.17, 15) is 4.79 Å². The molecule has 0 spiro atoms. The zero-order valence-electron chi connectivity index (χ0n) is 16.7. The van der Waals surface area contributed by atoms with Crippen LogP contribution in [0.3, 0.4) is 0 Å². The standard InChI is InChI=1S/C22H26N4O3/c1-25(12-13-26-10-3-2-4-11-26)22(27)20-14-18(29-24-20)16-28-21-7-5-6-17-15-23-9-8-19(17)21/h5-9,14-15H,2-4,10-13,16H2,1H3. The summed E-state index contributed by atoms with van der Waals surface area (Å²) in [6.45, 7) is 4.03. The highest BCUT2D eigenvalue weighted by molar-refractivity contribution is 5.92. The number of piperidine rings is 1. The number of fused-ring (bicyclic) bond motifs is 1. The van der Waals surface area contributed by atoms with Gasteiger partial charge < -0.3 is 19.1 Å². The van der Waals surface area contributed by atoms with Crippen LogP contribution in [0.15, 0.2) is 47.2 Å². The number of carbonyl (C=O) groups excluding carboxylic acids is 1. The van der Waals surface area contributed by atoms with Gasteiger partial charge in [-0.3, -0.25) is 9.78 Å². The van der Waals surface area contributed by atoms with E-state index in [0.29, 0.717) is 18.0 Å². The number of amides is 1. The monoisotopic (exact) mass is 394 g/mol. The molecule has 1 aliphatic rings. The van der Waals surface area contributed by atoms with E-state index in [-0.39, 0.29) is 12.5 Å². The van der Waals surface area contributed by atoms with Crippen LogP contribution in [0.1, 0.15) is 35.5 Å². The Bertz CT molecular complexity index is 960. The highest BCUT2D eigenvalue weighted by atomic mass is 16.5. The zero-order chi connectivity index (χ0) is 20.1. The molecule has 7 nitrogen and oxygen atoms in total. The minimum Gasteiger partial charge on any atom is -0.485 e. The van der Waals surface area contributed by atoms with Gasteiger partial charge in [0.15, 0.2) is 11.5 Å². The molecule has 152 valence electrons. The van der Waals surface area contributed by atoms with Gasteiger partial charge in [-0.15, -0.1) is 0 Å². The van der Waals surface area contributed by atoms with Crippen LogP contribution < -0.4 is 4.74 Å². The normalized spacial score (nSPS) is 14.8. The van der Waals surface area contributed by atoms with Crippen molar-refractivity contribution in [2.24, 2.45) is 0 Å². The number of nitrogens with zero attached hydrogens (tertiary/aromatic N) is 4. The molecule has 29 heavy (non-hydrogen) atoms. The first kappa shape index (κ1) is 19.4. The van der Waals surface area contributed by atoms with Gasteiger partial charge in [0.25, 0.3) is 5.91 Å². The third kappa shape index (κ3) is 4.74. The molecule has 0 bridgehead atoms. The summed E-state index contributed by atoms with van der Waals surface area (Å²) in [5, 5.41) is 5.93. The molecular formula is C22H26N4O3. The molecule has 1 saturated heterocycles. The Labute approximate surface area is 170 Å². The van der Waals surface area contributed by atoms with Crippen LogP contribution in [0.4, 0.5) is 0 Å². The molecule has 1 aliphatic heterocycles. The van der Waals surface area contributed by atoms with Gasteiger partial charge in [-0.25, -0.2) is 0 Å². The molecule has 3 heterocycles. The number of pyridine rings is 1. The molecule has 3 aromatic rings. The van der Waals surface area contributed by atoms with Gasteiger partial charge in [0.1, 0.15) is 12.4 Å². The number of ether oxygens (including phenoxy) is 1. The summed E-state index contributed by atoms with van der Waals surface area (Å²) in [6, 6.07) is 9.38. The number of hydrogen-bond donors (Lipinski definition) is 0. The van der Waals surface area contributed by atoms with Gasteiger partial charge >= 0.3 is 0 Å². The first-order valence-electron chi connectivity index (χ1n) is 10.1. The third-order valence-electron chi connectivity index (χ3n) is 5.34. The predicted molar refractivity (Wildman–Crippen MR) is 110 cm³/mol. The van der Waals surface area contributed by atoms with Gasteiger partial charge in [0.2, 0.25) is 0 Å². The molecule has 0 unspecified atom stereocenters. The van der Waals surface area contributed by atoms with Crippen LogP contribution in [0.5, 0.6) is 5.75 Å². The van der Waals surface area contributed by atoms with Crippen molar-refractivity contribution in [1.29, 1.82) is 0 Å². The van der Waals surface area contributed by atoms with Gasteiger partial charge in [0.05, 0.1) is 0 Å². The van der Waals surface area contributed by atoms with Gasteiger partial charge in [-0.2, -0.15) is 0 Å². The molecule has 1 amide bonds. The molecule has 1 fully saturated rings. The molecule has 0 saturated carbocycles. The predicted octanol–water partition coefficient (Wildman–Crippen LogP) is 3.36. The lowest BCUT2D eigenvalue weighted by Gasteiger charge is -2.28. The fraction of sp³-hybridized carbons (Fsp3) is 0.409. The number of likely N-dealkylation sites (N-methyl/N-ethyl adjacent to an activating group) is 1. The van der Waals surface area contributed by atoms with Crippen LogP contribution >= 0.6 is 0 Å². The number of likely N-dealkylation sites (tertiary alicyclic amines) is 1. The molecule has 0 aliphatic carbocycles. The number of hydrogen-bond acceptors (Lipinski definition) is 6.